The highest BCUT2D eigenvalue weighted by Gasteiger charge is 2.36. The third-order valence-electron chi connectivity index (χ3n) is 4.21. The fourth-order valence-corrected chi connectivity index (χ4v) is 3.98. The number of carbonyl (C=O) groups excluding carboxylic acids is 3. The highest BCUT2D eigenvalue weighted by atomic mass is 35.5. The molecule has 8 heteroatoms. The number of thioether (sulfide) groups is 1. The second-order valence-electron chi connectivity index (χ2n) is 6.74. The molecule has 0 spiro atoms. The molecular weight excluding hydrogens is 398 g/mol. The van der Waals surface area contributed by atoms with Crippen LogP contribution in [-0.4, -0.2) is 33.1 Å². The standard InChI is InChI=1S/C20H20ClN3O3S/c1-12(2)23-10-14(7-13(23)3)8-17-19(26)24(20(27)28-17)11-18(25)22-16-6-4-5-15(21)9-16/h4-10,12H,11H2,1-3H3,(H,22,25)/b17-8+. The molecule has 1 aromatic heterocycles. The van der Waals surface area contributed by atoms with Crippen molar-refractivity contribution in [3.63, 3.8) is 0 Å². The van der Waals surface area contributed by atoms with Crippen LogP contribution in [-0.2, 0) is 9.59 Å². The van der Waals surface area contributed by atoms with Crippen molar-refractivity contribution < 1.29 is 14.4 Å². The minimum Gasteiger partial charge on any atom is -0.349 e. The van der Waals surface area contributed by atoms with E-state index in [-0.39, 0.29) is 6.54 Å². The Balaban J connectivity index is 1.71. The van der Waals surface area contributed by atoms with Gasteiger partial charge in [-0.15, -0.1) is 0 Å². The molecule has 2 aromatic rings. The van der Waals surface area contributed by atoms with Crippen LogP contribution in [0.15, 0.2) is 41.4 Å². The molecule has 1 saturated heterocycles. The van der Waals surface area contributed by atoms with Crippen molar-refractivity contribution in [3.8, 4) is 0 Å². The summed E-state index contributed by atoms with van der Waals surface area (Å²) in [6, 6.07) is 8.92. The van der Waals surface area contributed by atoms with Crippen LogP contribution in [0.25, 0.3) is 6.08 Å². The Morgan fingerprint density at radius 1 is 1.29 bits per heavy atom. The number of nitrogens with zero attached hydrogens (tertiary/aromatic N) is 2. The van der Waals surface area contributed by atoms with Gasteiger partial charge >= 0.3 is 0 Å². The Labute approximate surface area is 172 Å². The van der Waals surface area contributed by atoms with Gasteiger partial charge in [0.1, 0.15) is 6.54 Å². The molecule has 0 saturated carbocycles. The maximum absolute atomic E-state index is 12.6. The number of amides is 3. The molecule has 1 N–H and O–H groups in total. The number of imide groups is 1. The van der Waals surface area contributed by atoms with Gasteiger partial charge in [0.05, 0.1) is 4.91 Å². The quantitative estimate of drug-likeness (QED) is 0.715. The summed E-state index contributed by atoms with van der Waals surface area (Å²) in [5.41, 5.74) is 2.42. The minimum atomic E-state index is -0.466. The summed E-state index contributed by atoms with van der Waals surface area (Å²) in [7, 11) is 0. The summed E-state index contributed by atoms with van der Waals surface area (Å²) in [6.07, 6.45) is 3.63. The molecule has 2 heterocycles. The Hall–Kier alpha value is -2.51. The first kappa shape index (κ1) is 20.2. The van der Waals surface area contributed by atoms with E-state index in [4.69, 9.17) is 11.6 Å². The summed E-state index contributed by atoms with van der Waals surface area (Å²) in [5, 5.41) is 2.66. The number of carbonyl (C=O) groups is 3. The lowest BCUT2D eigenvalue weighted by molar-refractivity contribution is -0.127. The van der Waals surface area contributed by atoms with E-state index >= 15 is 0 Å². The number of rotatable bonds is 5. The van der Waals surface area contributed by atoms with Crippen LogP contribution < -0.4 is 5.32 Å². The number of anilines is 1. The Morgan fingerprint density at radius 3 is 2.68 bits per heavy atom. The molecule has 28 heavy (non-hydrogen) atoms. The number of hydrogen-bond donors (Lipinski definition) is 1. The highest BCUT2D eigenvalue weighted by Crippen LogP contribution is 2.32. The molecule has 1 aromatic carbocycles. The van der Waals surface area contributed by atoms with Gasteiger partial charge in [0.15, 0.2) is 0 Å². The molecule has 0 aliphatic carbocycles. The van der Waals surface area contributed by atoms with Gasteiger partial charge in [0, 0.05) is 28.6 Å². The summed E-state index contributed by atoms with van der Waals surface area (Å²) < 4.78 is 2.09. The van der Waals surface area contributed by atoms with E-state index in [1.54, 1.807) is 30.3 Å². The van der Waals surface area contributed by atoms with Crippen LogP contribution in [0, 0.1) is 6.92 Å². The van der Waals surface area contributed by atoms with Crippen molar-refractivity contribution in [1.29, 1.82) is 0 Å². The van der Waals surface area contributed by atoms with Crippen LogP contribution in [0.2, 0.25) is 5.02 Å². The summed E-state index contributed by atoms with van der Waals surface area (Å²) >= 11 is 6.73. The molecule has 0 bridgehead atoms. The lowest BCUT2D eigenvalue weighted by Crippen LogP contribution is -2.36. The number of hydrogen-bond acceptors (Lipinski definition) is 4. The third kappa shape index (κ3) is 4.48. The second kappa shape index (κ2) is 8.24. The Morgan fingerprint density at radius 2 is 2.04 bits per heavy atom. The van der Waals surface area contributed by atoms with E-state index in [0.29, 0.717) is 21.7 Å². The predicted molar refractivity (Wildman–Crippen MR) is 112 cm³/mol. The summed E-state index contributed by atoms with van der Waals surface area (Å²) in [6.45, 7) is 5.79. The monoisotopic (exact) mass is 417 g/mol. The van der Waals surface area contributed by atoms with E-state index in [1.807, 2.05) is 19.2 Å². The molecule has 0 unspecified atom stereocenters. The second-order valence-corrected chi connectivity index (χ2v) is 8.17. The average Bonchev–Trinajstić information content (AvgIpc) is 3.10. The average molecular weight is 418 g/mol. The van der Waals surface area contributed by atoms with Gasteiger partial charge in [-0.25, -0.2) is 0 Å². The number of aryl methyl sites for hydroxylation is 1. The zero-order valence-corrected chi connectivity index (χ0v) is 17.3. The van der Waals surface area contributed by atoms with E-state index in [0.717, 1.165) is 27.9 Å². The van der Waals surface area contributed by atoms with Gasteiger partial charge < -0.3 is 9.88 Å². The van der Waals surface area contributed by atoms with Gasteiger partial charge in [-0.3, -0.25) is 19.3 Å². The van der Waals surface area contributed by atoms with Crippen molar-refractivity contribution in [1.82, 2.24) is 9.47 Å². The molecule has 0 radical (unpaired) electrons. The number of halogens is 1. The van der Waals surface area contributed by atoms with E-state index in [1.165, 1.54) is 0 Å². The molecule has 3 amide bonds. The smallest absolute Gasteiger partial charge is 0.294 e. The van der Waals surface area contributed by atoms with Crippen molar-refractivity contribution in [2.45, 2.75) is 26.8 Å². The first-order valence-electron chi connectivity index (χ1n) is 8.74. The van der Waals surface area contributed by atoms with Crippen LogP contribution in [0.1, 0.15) is 31.1 Å². The number of aromatic nitrogens is 1. The SMILES string of the molecule is Cc1cc(/C=C2/SC(=O)N(CC(=O)Nc3cccc(Cl)c3)C2=O)cn1C(C)C. The van der Waals surface area contributed by atoms with Gasteiger partial charge in [-0.1, -0.05) is 17.7 Å². The maximum Gasteiger partial charge on any atom is 0.294 e. The fraction of sp³-hybridized carbons (Fsp3) is 0.250. The third-order valence-corrected chi connectivity index (χ3v) is 5.35. The van der Waals surface area contributed by atoms with Crippen LogP contribution >= 0.6 is 23.4 Å². The van der Waals surface area contributed by atoms with E-state index < -0.39 is 17.1 Å². The molecular formula is C20H20ClN3O3S. The lowest BCUT2D eigenvalue weighted by atomic mass is 10.2. The molecule has 1 aliphatic heterocycles. The van der Waals surface area contributed by atoms with Gasteiger partial charge in [0.25, 0.3) is 11.1 Å². The summed E-state index contributed by atoms with van der Waals surface area (Å²) in [5.74, 6) is -0.932. The fourth-order valence-electron chi connectivity index (χ4n) is 2.95. The largest absolute Gasteiger partial charge is 0.349 e. The molecule has 146 valence electrons. The Kier molecular flexibility index (Phi) is 5.96. The van der Waals surface area contributed by atoms with Gasteiger partial charge in [-0.2, -0.15) is 0 Å². The molecule has 1 fully saturated rings. The predicted octanol–water partition coefficient (Wildman–Crippen LogP) is 4.71. The van der Waals surface area contributed by atoms with Crippen molar-refractivity contribution in [3.05, 3.63) is 57.7 Å². The van der Waals surface area contributed by atoms with Crippen molar-refractivity contribution in [2.75, 3.05) is 11.9 Å². The van der Waals surface area contributed by atoms with E-state index in [9.17, 15) is 14.4 Å². The van der Waals surface area contributed by atoms with Gasteiger partial charge in [0.2, 0.25) is 5.91 Å². The maximum atomic E-state index is 12.6. The molecule has 1 aliphatic rings. The Bertz CT molecular complexity index is 981. The zero-order valence-electron chi connectivity index (χ0n) is 15.7. The van der Waals surface area contributed by atoms with E-state index in [2.05, 4.69) is 23.7 Å². The molecule has 3 rings (SSSR count). The van der Waals surface area contributed by atoms with Crippen LogP contribution in [0.5, 0.6) is 0 Å². The molecule has 6 nitrogen and oxygen atoms in total. The lowest BCUT2D eigenvalue weighted by Gasteiger charge is -2.12. The highest BCUT2D eigenvalue weighted by molar-refractivity contribution is 8.18. The van der Waals surface area contributed by atoms with Gasteiger partial charge in [-0.05, 0) is 68.4 Å². The first-order chi connectivity index (χ1) is 13.2. The number of benzene rings is 1. The minimum absolute atomic E-state index is 0.299. The molecule has 0 atom stereocenters. The van der Waals surface area contributed by atoms with Crippen LogP contribution in [0.4, 0.5) is 10.5 Å². The topological polar surface area (TPSA) is 71.4 Å². The summed E-state index contributed by atoms with van der Waals surface area (Å²) in [4.78, 5) is 38.3. The van der Waals surface area contributed by atoms with Crippen molar-refractivity contribution >= 4 is 52.2 Å². The van der Waals surface area contributed by atoms with Crippen LogP contribution in [0.3, 0.4) is 0 Å². The number of nitrogens with one attached hydrogen (secondary N) is 1. The normalized spacial score (nSPS) is 15.8. The zero-order chi connectivity index (χ0) is 20.4. The van der Waals surface area contributed by atoms with Crippen molar-refractivity contribution in [2.24, 2.45) is 0 Å². The first-order valence-corrected chi connectivity index (χ1v) is 9.93.